The van der Waals surface area contributed by atoms with Gasteiger partial charge in [0.05, 0.1) is 16.0 Å². The third-order valence-corrected chi connectivity index (χ3v) is 3.48. The van der Waals surface area contributed by atoms with E-state index in [9.17, 15) is 9.59 Å². The molecule has 4 nitrogen and oxygen atoms in total. The molecule has 0 aliphatic heterocycles. The lowest BCUT2D eigenvalue weighted by molar-refractivity contribution is -0.143. The molecule has 17 heavy (non-hydrogen) atoms. The number of carbonyl (C=O) groups is 2. The van der Waals surface area contributed by atoms with Crippen LogP contribution in [0.15, 0.2) is 15.2 Å². The van der Waals surface area contributed by atoms with Gasteiger partial charge in [-0.25, -0.2) is 0 Å². The molecule has 0 saturated carbocycles. The van der Waals surface area contributed by atoms with E-state index in [4.69, 9.17) is 4.74 Å². The monoisotopic (exact) mass is 319 g/mol. The number of esters is 1. The molecule has 0 atom stereocenters. The highest BCUT2D eigenvalue weighted by Gasteiger charge is 2.07. The zero-order valence-corrected chi connectivity index (χ0v) is 11.9. The van der Waals surface area contributed by atoms with E-state index in [-0.39, 0.29) is 11.9 Å². The number of nitrogens with one attached hydrogen (secondary N) is 1. The Morgan fingerprint density at radius 3 is 2.88 bits per heavy atom. The summed E-state index contributed by atoms with van der Waals surface area (Å²) >= 11 is 4.76. The first-order chi connectivity index (χ1) is 8.13. The number of rotatable bonds is 6. The zero-order chi connectivity index (χ0) is 12.7. The summed E-state index contributed by atoms with van der Waals surface area (Å²) in [7, 11) is 0. The quantitative estimate of drug-likeness (QED) is 0.647. The summed E-state index contributed by atoms with van der Waals surface area (Å²) in [5.74, 6) is -0.337. The molecule has 0 aliphatic rings. The molecule has 0 spiro atoms. The average molecular weight is 320 g/mol. The van der Waals surface area contributed by atoms with Crippen LogP contribution in [-0.2, 0) is 9.53 Å². The van der Waals surface area contributed by atoms with Crippen LogP contribution in [0.5, 0.6) is 0 Å². The second-order valence-electron chi connectivity index (χ2n) is 3.30. The highest BCUT2D eigenvalue weighted by molar-refractivity contribution is 9.11. The summed E-state index contributed by atoms with van der Waals surface area (Å²) in [5, 5.41) is 4.53. The van der Waals surface area contributed by atoms with Crippen molar-refractivity contribution in [3.8, 4) is 0 Å². The predicted octanol–water partition coefficient (Wildman–Crippen LogP) is 2.58. The predicted molar refractivity (Wildman–Crippen MR) is 70.2 cm³/mol. The Kier molecular flexibility index (Phi) is 6.21. The largest absolute Gasteiger partial charge is 0.466 e. The van der Waals surface area contributed by atoms with Gasteiger partial charge in [0.25, 0.3) is 5.91 Å². The Balaban J connectivity index is 2.19. The Morgan fingerprint density at radius 1 is 1.53 bits per heavy atom. The minimum atomic E-state index is -0.222. The Bertz CT molecular complexity index is 392. The number of ether oxygens (including phenoxy) is 1. The van der Waals surface area contributed by atoms with Crippen molar-refractivity contribution in [1.29, 1.82) is 0 Å². The molecule has 1 rings (SSSR count). The molecular weight excluding hydrogens is 306 g/mol. The van der Waals surface area contributed by atoms with Crippen LogP contribution >= 0.6 is 27.3 Å². The highest BCUT2D eigenvalue weighted by Crippen LogP contribution is 2.20. The fourth-order valence-corrected chi connectivity index (χ4v) is 2.34. The number of thiophene rings is 1. The number of hydrogen-bond donors (Lipinski definition) is 1. The van der Waals surface area contributed by atoms with Crippen LogP contribution in [0, 0.1) is 0 Å². The molecule has 1 N–H and O–H groups in total. The molecule has 0 aromatic carbocycles. The fourth-order valence-electron chi connectivity index (χ4n) is 1.20. The van der Waals surface area contributed by atoms with Crippen molar-refractivity contribution in [2.45, 2.75) is 19.8 Å². The van der Waals surface area contributed by atoms with E-state index < -0.39 is 0 Å². The molecule has 0 saturated heterocycles. The number of halogens is 1. The van der Waals surface area contributed by atoms with Crippen LogP contribution in [0.3, 0.4) is 0 Å². The lowest BCUT2D eigenvalue weighted by Gasteiger charge is -2.03. The van der Waals surface area contributed by atoms with Crippen LogP contribution in [-0.4, -0.2) is 25.0 Å². The fraction of sp³-hybridized carbons (Fsp3) is 0.455. The van der Waals surface area contributed by atoms with E-state index in [2.05, 4.69) is 21.2 Å². The summed E-state index contributed by atoms with van der Waals surface area (Å²) < 4.78 is 5.71. The standard InChI is InChI=1S/C11H14BrNO3S/c1-2-16-10(14)4-3-5-13-11(15)8-6-9(12)17-7-8/h6-7H,2-5H2,1H3,(H,13,15). The van der Waals surface area contributed by atoms with Gasteiger partial charge in [-0.3, -0.25) is 9.59 Å². The van der Waals surface area contributed by atoms with Crippen molar-refractivity contribution in [2.75, 3.05) is 13.2 Å². The van der Waals surface area contributed by atoms with Gasteiger partial charge >= 0.3 is 5.97 Å². The first-order valence-electron chi connectivity index (χ1n) is 5.31. The van der Waals surface area contributed by atoms with Gasteiger partial charge in [0.2, 0.25) is 0 Å². The molecule has 6 heteroatoms. The van der Waals surface area contributed by atoms with E-state index in [1.807, 2.05) is 0 Å². The molecule has 1 amide bonds. The minimum Gasteiger partial charge on any atom is -0.466 e. The molecule has 1 heterocycles. The Hall–Kier alpha value is -0.880. The van der Waals surface area contributed by atoms with Gasteiger partial charge in [-0.05, 0) is 35.3 Å². The first kappa shape index (κ1) is 14.2. The number of hydrogen-bond acceptors (Lipinski definition) is 4. The molecule has 0 bridgehead atoms. The van der Waals surface area contributed by atoms with Crippen LogP contribution in [0.25, 0.3) is 0 Å². The van der Waals surface area contributed by atoms with Crippen LogP contribution < -0.4 is 5.32 Å². The Labute approximate surface area is 112 Å². The van der Waals surface area contributed by atoms with E-state index in [0.29, 0.717) is 31.6 Å². The molecule has 94 valence electrons. The van der Waals surface area contributed by atoms with Gasteiger partial charge in [-0.2, -0.15) is 0 Å². The maximum Gasteiger partial charge on any atom is 0.305 e. The van der Waals surface area contributed by atoms with E-state index in [0.717, 1.165) is 3.79 Å². The van der Waals surface area contributed by atoms with E-state index in [1.165, 1.54) is 11.3 Å². The van der Waals surface area contributed by atoms with Crippen LogP contribution in [0.1, 0.15) is 30.1 Å². The molecular formula is C11H14BrNO3S. The van der Waals surface area contributed by atoms with Crippen molar-refractivity contribution in [2.24, 2.45) is 0 Å². The third-order valence-electron chi connectivity index (χ3n) is 1.98. The second kappa shape index (κ2) is 7.45. The van der Waals surface area contributed by atoms with Gasteiger partial charge < -0.3 is 10.1 Å². The van der Waals surface area contributed by atoms with E-state index >= 15 is 0 Å². The zero-order valence-electron chi connectivity index (χ0n) is 9.49. The molecule has 0 unspecified atom stereocenters. The van der Waals surface area contributed by atoms with Crippen molar-refractivity contribution >= 4 is 39.1 Å². The summed E-state index contributed by atoms with van der Waals surface area (Å²) in [5.41, 5.74) is 0.637. The lowest BCUT2D eigenvalue weighted by Crippen LogP contribution is -2.24. The molecule has 1 aromatic heterocycles. The summed E-state index contributed by atoms with van der Waals surface area (Å²) in [6, 6.07) is 1.77. The van der Waals surface area contributed by atoms with Crippen molar-refractivity contribution in [3.05, 3.63) is 20.8 Å². The van der Waals surface area contributed by atoms with Gasteiger partial charge in [-0.15, -0.1) is 11.3 Å². The molecule has 0 aliphatic carbocycles. The number of carbonyl (C=O) groups excluding carboxylic acids is 2. The average Bonchev–Trinajstić information content (AvgIpc) is 2.71. The Morgan fingerprint density at radius 2 is 2.29 bits per heavy atom. The maximum atomic E-state index is 11.6. The smallest absolute Gasteiger partial charge is 0.305 e. The van der Waals surface area contributed by atoms with E-state index in [1.54, 1.807) is 18.4 Å². The van der Waals surface area contributed by atoms with Gasteiger partial charge in [0.15, 0.2) is 0 Å². The van der Waals surface area contributed by atoms with Gasteiger partial charge in [-0.1, -0.05) is 0 Å². The molecule has 1 aromatic rings. The molecule has 0 fully saturated rings. The highest BCUT2D eigenvalue weighted by atomic mass is 79.9. The van der Waals surface area contributed by atoms with Gasteiger partial charge in [0, 0.05) is 18.3 Å². The first-order valence-corrected chi connectivity index (χ1v) is 6.98. The molecule has 0 radical (unpaired) electrons. The van der Waals surface area contributed by atoms with Gasteiger partial charge in [0.1, 0.15) is 0 Å². The third kappa shape index (κ3) is 5.32. The van der Waals surface area contributed by atoms with Crippen molar-refractivity contribution < 1.29 is 14.3 Å². The summed E-state index contributed by atoms with van der Waals surface area (Å²) in [6.45, 7) is 2.65. The normalized spacial score (nSPS) is 10.0. The van der Waals surface area contributed by atoms with Crippen molar-refractivity contribution in [1.82, 2.24) is 5.32 Å². The van der Waals surface area contributed by atoms with Crippen LogP contribution in [0.2, 0.25) is 0 Å². The maximum absolute atomic E-state index is 11.6. The van der Waals surface area contributed by atoms with Crippen molar-refractivity contribution in [3.63, 3.8) is 0 Å². The summed E-state index contributed by atoms with van der Waals surface area (Å²) in [4.78, 5) is 22.6. The van der Waals surface area contributed by atoms with Crippen LogP contribution in [0.4, 0.5) is 0 Å². The SMILES string of the molecule is CCOC(=O)CCCNC(=O)c1csc(Br)c1. The lowest BCUT2D eigenvalue weighted by atomic mass is 10.3. The topological polar surface area (TPSA) is 55.4 Å². The minimum absolute atomic E-state index is 0.115. The second-order valence-corrected chi connectivity index (χ2v) is 5.59. The number of amides is 1. The summed E-state index contributed by atoms with van der Waals surface area (Å²) in [6.07, 6.45) is 0.928.